The summed E-state index contributed by atoms with van der Waals surface area (Å²) in [6.07, 6.45) is 0.349. The van der Waals surface area contributed by atoms with E-state index in [1.165, 1.54) is 4.90 Å². The van der Waals surface area contributed by atoms with Crippen molar-refractivity contribution < 1.29 is 19.2 Å². The second kappa shape index (κ2) is 5.88. The number of fused-ring (bicyclic) bond motifs is 4. The number of hydrogen-bond donors (Lipinski definition) is 3. The molecule has 4 rings (SSSR count). The van der Waals surface area contributed by atoms with E-state index in [2.05, 4.69) is 10.6 Å². The molecule has 3 heterocycles. The monoisotopic (exact) mass is 384 g/mol. The molecule has 0 bridgehead atoms. The fraction of sp³-hybridized carbons (Fsp3) is 0.500. The Kier molecular flexibility index (Phi) is 3.91. The minimum atomic E-state index is -1.32. The van der Waals surface area contributed by atoms with Gasteiger partial charge in [0, 0.05) is 29.3 Å². The van der Waals surface area contributed by atoms with Gasteiger partial charge in [-0.25, -0.2) is 0 Å². The molecule has 4 N–H and O–H groups in total. The Morgan fingerprint density at radius 1 is 1.18 bits per heavy atom. The van der Waals surface area contributed by atoms with Gasteiger partial charge in [0.15, 0.2) is 0 Å². The number of imide groups is 1. The molecule has 28 heavy (non-hydrogen) atoms. The summed E-state index contributed by atoms with van der Waals surface area (Å²) in [4.78, 5) is 52.5. The zero-order valence-corrected chi connectivity index (χ0v) is 16.1. The van der Waals surface area contributed by atoms with E-state index in [1.54, 1.807) is 45.0 Å². The Morgan fingerprint density at radius 3 is 2.50 bits per heavy atom. The first-order chi connectivity index (χ1) is 13.1. The molecule has 8 heteroatoms. The number of benzene rings is 1. The largest absolute Gasteiger partial charge is 0.370 e. The zero-order chi connectivity index (χ0) is 20.4. The van der Waals surface area contributed by atoms with Crippen LogP contribution in [-0.2, 0) is 24.7 Å². The molecule has 1 aromatic carbocycles. The topological polar surface area (TPSA) is 122 Å². The number of amides is 4. The second-order valence-electron chi connectivity index (χ2n) is 8.75. The van der Waals surface area contributed by atoms with Crippen LogP contribution in [-0.4, -0.2) is 40.1 Å². The third-order valence-corrected chi connectivity index (χ3v) is 5.99. The Morgan fingerprint density at radius 2 is 1.86 bits per heavy atom. The number of nitrogens with zero attached hydrogens (tertiary/aromatic N) is 1. The van der Waals surface area contributed by atoms with Gasteiger partial charge in [-0.2, -0.15) is 0 Å². The lowest BCUT2D eigenvalue weighted by molar-refractivity contribution is -0.148. The molecule has 1 spiro atoms. The molecule has 3 aliphatic rings. The van der Waals surface area contributed by atoms with Crippen molar-refractivity contribution in [3.8, 4) is 0 Å². The van der Waals surface area contributed by atoms with Crippen LogP contribution in [0.4, 0.5) is 5.69 Å². The highest BCUT2D eigenvalue weighted by atomic mass is 16.2. The SMILES string of the molecule is CC(C)(C)N1C(=O)[C@@H]2C(CCC(N)=O)NC3(C(=O)Nc4ccccc43)[C@@H]2C1=O. The van der Waals surface area contributed by atoms with E-state index in [4.69, 9.17) is 5.73 Å². The molecular weight excluding hydrogens is 360 g/mol. The van der Waals surface area contributed by atoms with E-state index in [9.17, 15) is 19.2 Å². The van der Waals surface area contributed by atoms with Gasteiger partial charge < -0.3 is 11.1 Å². The fourth-order valence-electron chi connectivity index (χ4n) is 4.97. The van der Waals surface area contributed by atoms with Gasteiger partial charge in [-0.05, 0) is 33.3 Å². The van der Waals surface area contributed by atoms with Crippen LogP contribution in [0, 0.1) is 11.8 Å². The molecule has 4 amide bonds. The number of nitrogens with one attached hydrogen (secondary N) is 2. The first kappa shape index (κ1) is 18.6. The number of hydrogen-bond acceptors (Lipinski definition) is 5. The van der Waals surface area contributed by atoms with Crippen LogP contribution < -0.4 is 16.4 Å². The van der Waals surface area contributed by atoms with Crippen LogP contribution in [0.2, 0.25) is 0 Å². The Hall–Kier alpha value is -2.74. The van der Waals surface area contributed by atoms with Crippen LogP contribution in [0.25, 0.3) is 0 Å². The van der Waals surface area contributed by atoms with Gasteiger partial charge in [0.1, 0.15) is 5.54 Å². The maximum Gasteiger partial charge on any atom is 0.250 e. The summed E-state index contributed by atoms with van der Waals surface area (Å²) in [5.41, 5.74) is 4.57. The highest BCUT2D eigenvalue weighted by Crippen LogP contribution is 2.54. The molecule has 4 atom stereocenters. The van der Waals surface area contributed by atoms with E-state index in [1.807, 2.05) is 0 Å². The van der Waals surface area contributed by atoms with Gasteiger partial charge in [-0.1, -0.05) is 18.2 Å². The lowest BCUT2D eigenvalue weighted by Crippen LogP contribution is -2.55. The molecule has 2 unspecified atom stereocenters. The van der Waals surface area contributed by atoms with E-state index in [0.29, 0.717) is 11.3 Å². The maximum absolute atomic E-state index is 13.4. The molecule has 0 aliphatic carbocycles. The number of carbonyl (C=O) groups excluding carboxylic acids is 4. The highest BCUT2D eigenvalue weighted by Gasteiger charge is 2.71. The van der Waals surface area contributed by atoms with Gasteiger partial charge in [0.2, 0.25) is 23.6 Å². The third-order valence-electron chi connectivity index (χ3n) is 5.99. The van der Waals surface area contributed by atoms with Gasteiger partial charge in [-0.15, -0.1) is 0 Å². The average molecular weight is 384 g/mol. The smallest absolute Gasteiger partial charge is 0.250 e. The predicted octanol–water partition coefficient (Wildman–Crippen LogP) is 0.471. The molecule has 0 aromatic heterocycles. The molecule has 0 saturated carbocycles. The van der Waals surface area contributed by atoms with E-state index >= 15 is 0 Å². The normalized spacial score (nSPS) is 31.3. The first-order valence-electron chi connectivity index (χ1n) is 9.44. The number of para-hydroxylation sites is 1. The van der Waals surface area contributed by atoms with Crippen molar-refractivity contribution in [3.05, 3.63) is 29.8 Å². The number of primary amides is 1. The maximum atomic E-state index is 13.4. The van der Waals surface area contributed by atoms with Crippen molar-refractivity contribution in [2.24, 2.45) is 17.6 Å². The zero-order valence-electron chi connectivity index (χ0n) is 16.1. The summed E-state index contributed by atoms with van der Waals surface area (Å²) in [7, 11) is 0. The molecule has 2 saturated heterocycles. The number of carbonyl (C=O) groups is 4. The minimum Gasteiger partial charge on any atom is -0.370 e. The van der Waals surface area contributed by atoms with Crippen molar-refractivity contribution in [2.75, 3.05) is 5.32 Å². The summed E-state index contributed by atoms with van der Waals surface area (Å²) in [6.45, 7) is 5.39. The molecule has 1 aromatic rings. The summed E-state index contributed by atoms with van der Waals surface area (Å²) in [5.74, 6) is -3.08. The fourth-order valence-corrected chi connectivity index (χ4v) is 4.97. The molecule has 0 radical (unpaired) electrons. The van der Waals surface area contributed by atoms with Gasteiger partial charge in [0.25, 0.3) is 0 Å². The van der Waals surface area contributed by atoms with Gasteiger partial charge in [0.05, 0.1) is 11.8 Å². The standard InChI is InChI=1S/C20H24N4O4/c1-19(2,3)24-16(26)14-12(8-9-13(21)25)23-20(15(14)17(24)27)10-6-4-5-7-11(10)22-18(20)28/h4-7,12,14-15,23H,8-9H2,1-3H3,(H2,21,25)(H,22,28)/t12?,14-,15+,20?/m1/s1. The molecule has 8 nitrogen and oxygen atoms in total. The molecular formula is C20H24N4O4. The lowest BCUT2D eigenvalue weighted by Gasteiger charge is -2.34. The minimum absolute atomic E-state index is 0.0667. The second-order valence-corrected chi connectivity index (χ2v) is 8.75. The summed E-state index contributed by atoms with van der Waals surface area (Å²) < 4.78 is 0. The third kappa shape index (κ3) is 2.33. The van der Waals surface area contributed by atoms with E-state index in [0.717, 1.165) is 0 Å². The number of rotatable bonds is 3. The Balaban J connectivity index is 1.86. The molecule has 3 aliphatic heterocycles. The predicted molar refractivity (Wildman–Crippen MR) is 101 cm³/mol. The van der Waals surface area contributed by atoms with E-state index < -0.39 is 34.9 Å². The first-order valence-corrected chi connectivity index (χ1v) is 9.44. The van der Waals surface area contributed by atoms with E-state index in [-0.39, 0.29) is 30.6 Å². The molecule has 148 valence electrons. The van der Waals surface area contributed by atoms with Crippen LogP contribution in [0.15, 0.2) is 24.3 Å². The van der Waals surface area contributed by atoms with Crippen molar-refractivity contribution in [2.45, 2.75) is 50.7 Å². The van der Waals surface area contributed by atoms with Crippen LogP contribution in [0.1, 0.15) is 39.2 Å². The summed E-state index contributed by atoms with van der Waals surface area (Å²) >= 11 is 0. The van der Waals surface area contributed by atoms with Crippen LogP contribution in [0.5, 0.6) is 0 Å². The Labute approximate surface area is 162 Å². The number of nitrogens with two attached hydrogens (primary N) is 1. The highest BCUT2D eigenvalue weighted by molar-refractivity contribution is 6.15. The quantitative estimate of drug-likeness (QED) is 0.654. The summed E-state index contributed by atoms with van der Waals surface area (Å²) in [5, 5.41) is 6.12. The van der Waals surface area contributed by atoms with Gasteiger partial charge in [-0.3, -0.25) is 29.4 Å². The summed E-state index contributed by atoms with van der Waals surface area (Å²) in [6, 6.07) is 6.68. The van der Waals surface area contributed by atoms with Gasteiger partial charge >= 0.3 is 0 Å². The van der Waals surface area contributed by atoms with Crippen molar-refractivity contribution in [3.63, 3.8) is 0 Å². The van der Waals surface area contributed by atoms with Crippen molar-refractivity contribution in [1.82, 2.24) is 10.2 Å². The Bertz CT molecular complexity index is 906. The number of likely N-dealkylation sites (tertiary alicyclic amines) is 1. The average Bonchev–Trinajstić information content (AvgIpc) is 3.17. The van der Waals surface area contributed by atoms with Crippen LogP contribution in [0.3, 0.4) is 0 Å². The van der Waals surface area contributed by atoms with Crippen molar-refractivity contribution >= 4 is 29.3 Å². The number of anilines is 1. The van der Waals surface area contributed by atoms with Crippen LogP contribution >= 0.6 is 0 Å². The van der Waals surface area contributed by atoms with Crippen molar-refractivity contribution in [1.29, 1.82) is 0 Å². The lowest BCUT2D eigenvalue weighted by atomic mass is 9.76. The molecule has 2 fully saturated rings.